The van der Waals surface area contributed by atoms with Gasteiger partial charge in [0.1, 0.15) is 0 Å². The number of hydrogen-bond acceptors (Lipinski definition) is 3. The van der Waals surface area contributed by atoms with Crippen LogP contribution in [0.5, 0.6) is 0 Å². The number of rotatable bonds is 5. The molecule has 1 atom stereocenters. The molecule has 1 saturated heterocycles. The Bertz CT molecular complexity index is 713. The summed E-state index contributed by atoms with van der Waals surface area (Å²) in [7, 11) is 0. The lowest BCUT2D eigenvalue weighted by molar-refractivity contribution is 0.102. The molecular weight excluding hydrogens is 314 g/mol. The van der Waals surface area contributed by atoms with Crippen molar-refractivity contribution in [2.45, 2.75) is 18.9 Å². The molecule has 0 saturated carbocycles. The van der Waals surface area contributed by atoms with E-state index < -0.39 is 17.5 Å². The first kappa shape index (κ1) is 16.4. The molecule has 0 bridgehead atoms. The monoisotopic (exact) mass is 332 g/mol. The minimum Gasteiger partial charge on any atom is -0.382 e. The van der Waals surface area contributed by atoms with E-state index in [4.69, 9.17) is 4.74 Å². The molecule has 1 fully saturated rings. The van der Waals surface area contributed by atoms with Gasteiger partial charge in [-0.15, -0.1) is 0 Å². The van der Waals surface area contributed by atoms with Crippen molar-refractivity contribution in [3.63, 3.8) is 0 Å². The molecule has 126 valence electrons. The van der Waals surface area contributed by atoms with Gasteiger partial charge in [-0.3, -0.25) is 4.79 Å². The zero-order chi connectivity index (χ0) is 16.9. The van der Waals surface area contributed by atoms with Gasteiger partial charge in [-0.05, 0) is 55.3 Å². The van der Waals surface area contributed by atoms with Gasteiger partial charge in [0.2, 0.25) is 0 Å². The Morgan fingerprint density at radius 2 is 1.83 bits per heavy atom. The zero-order valence-corrected chi connectivity index (χ0v) is 13.0. The van der Waals surface area contributed by atoms with Gasteiger partial charge in [0.25, 0.3) is 5.91 Å². The minimum absolute atomic E-state index is 0.0643. The summed E-state index contributed by atoms with van der Waals surface area (Å²) in [6.45, 7) is 1.57. The predicted molar refractivity (Wildman–Crippen MR) is 88.2 cm³/mol. The van der Waals surface area contributed by atoms with Crippen molar-refractivity contribution >= 4 is 17.3 Å². The lowest BCUT2D eigenvalue weighted by Gasteiger charge is -2.12. The summed E-state index contributed by atoms with van der Waals surface area (Å²) in [4.78, 5) is 12.0. The number of hydrogen-bond donors (Lipinski definition) is 2. The Kier molecular flexibility index (Phi) is 5.05. The smallest absolute Gasteiger partial charge is 0.255 e. The van der Waals surface area contributed by atoms with E-state index in [0.717, 1.165) is 43.8 Å². The van der Waals surface area contributed by atoms with E-state index >= 15 is 0 Å². The standard InChI is InChI=1S/C18H18F2N2O2/c19-16-8-3-12(10-17(16)20)18(23)22-14-6-4-13(5-7-14)21-11-15-2-1-9-24-15/h3-8,10,15,21H,1-2,9,11H2,(H,22,23). The summed E-state index contributed by atoms with van der Waals surface area (Å²) < 4.78 is 31.6. The molecule has 0 aromatic heterocycles. The van der Waals surface area contributed by atoms with Crippen LogP contribution < -0.4 is 10.6 Å². The second kappa shape index (κ2) is 7.40. The fraction of sp³-hybridized carbons (Fsp3) is 0.278. The van der Waals surface area contributed by atoms with Gasteiger partial charge < -0.3 is 15.4 Å². The molecule has 1 amide bonds. The van der Waals surface area contributed by atoms with Crippen LogP contribution in [0.3, 0.4) is 0 Å². The van der Waals surface area contributed by atoms with Crippen LogP contribution in [-0.2, 0) is 4.74 Å². The second-order valence-electron chi connectivity index (χ2n) is 5.68. The van der Waals surface area contributed by atoms with E-state index in [1.165, 1.54) is 6.07 Å². The lowest BCUT2D eigenvalue weighted by atomic mass is 10.2. The van der Waals surface area contributed by atoms with Crippen LogP contribution in [0.1, 0.15) is 23.2 Å². The topological polar surface area (TPSA) is 50.4 Å². The molecule has 0 radical (unpaired) electrons. The average Bonchev–Trinajstić information content (AvgIpc) is 3.10. The summed E-state index contributed by atoms with van der Waals surface area (Å²) in [5.74, 6) is -2.52. The Hall–Kier alpha value is -2.47. The molecule has 4 nitrogen and oxygen atoms in total. The van der Waals surface area contributed by atoms with Crippen molar-refractivity contribution in [2.75, 3.05) is 23.8 Å². The highest BCUT2D eigenvalue weighted by molar-refractivity contribution is 6.04. The van der Waals surface area contributed by atoms with Gasteiger partial charge in [-0.25, -0.2) is 8.78 Å². The number of carbonyl (C=O) groups excluding carboxylic acids is 1. The van der Waals surface area contributed by atoms with E-state index in [1.807, 2.05) is 12.1 Å². The first-order valence-electron chi connectivity index (χ1n) is 7.84. The first-order chi connectivity index (χ1) is 11.6. The largest absolute Gasteiger partial charge is 0.382 e. The molecular formula is C18H18F2N2O2. The Labute approximate surface area is 138 Å². The Balaban J connectivity index is 1.56. The molecule has 6 heteroatoms. The van der Waals surface area contributed by atoms with Crippen LogP contribution in [0.15, 0.2) is 42.5 Å². The minimum atomic E-state index is -1.05. The van der Waals surface area contributed by atoms with Crippen LogP contribution >= 0.6 is 0 Å². The van der Waals surface area contributed by atoms with Gasteiger partial charge in [-0.1, -0.05) is 0 Å². The number of amides is 1. The van der Waals surface area contributed by atoms with E-state index in [-0.39, 0.29) is 11.7 Å². The van der Waals surface area contributed by atoms with Crippen molar-refractivity contribution in [2.24, 2.45) is 0 Å². The van der Waals surface area contributed by atoms with Crippen LogP contribution in [-0.4, -0.2) is 25.2 Å². The van der Waals surface area contributed by atoms with Crippen molar-refractivity contribution in [3.05, 3.63) is 59.7 Å². The van der Waals surface area contributed by atoms with Crippen molar-refractivity contribution in [1.82, 2.24) is 0 Å². The summed E-state index contributed by atoms with van der Waals surface area (Å²) in [5.41, 5.74) is 1.57. The number of halogens is 2. The molecule has 0 spiro atoms. The van der Waals surface area contributed by atoms with Crippen molar-refractivity contribution in [1.29, 1.82) is 0 Å². The highest BCUT2D eigenvalue weighted by Crippen LogP contribution is 2.17. The lowest BCUT2D eigenvalue weighted by Crippen LogP contribution is -2.18. The maximum Gasteiger partial charge on any atom is 0.255 e. The first-order valence-corrected chi connectivity index (χ1v) is 7.84. The predicted octanol–water partition coefficient (Wildman–Crippen LogP) is 3.81. The third-order valence-electron chi connectivity index (χ3n) is 3.88. The summed E-state index contributed by atoms with van der Waals surface area (Å²) in [6.07, 6.45) is 2.41. The highest BCUT2D eigenvalue weighted by atomic mass is 19.2. The molecule has 0 aliphatic carbocycles. The van der Waals surface area contributed by atoms with Crippen LogP contribution in [0.2, 0.25) is 0 Å². The quantitative estimate of drug-likeness (QED) is 0.875. The molecule has 2 aromatic carbocycles. The summed E-state index contributed by atoms with van der Waals surface area (Å²) in [5, 5.41) is 5.93. The number of carbonyl (C=O) groups is 1. The Morgan fingerprint density at radius 1 is 1.08 bits per heavy atom. The fourth-order valence-corrected chi connectivity index (χ4v) is 2.55. The molecule has 2 aromatic rings. The third-order valence-corrected chi connectivity index (χ3v) is 3.88. The van der Waals surface area contributed by atoms with Gasteiger partial charge in [0.15, 0.2) is 11.6 Å². The molecule has 24 heavy (non-hydrogen) atoms. The SMILES string of the molecule is O=C(Nc1ccc(NCC2CCCO2)cc1)c1ccc(F)c(F)c1. The van der Waals surface area contributed by atoms with E-state index in [1.54, 1.807) is 12.1 Å². The third kappa shape index (κ3) is 4.08. The molecule has 1 aliphatic heterocycles. The van der Waals surface area contributed by atoms with Crippen molar-refractivity contribution in [3.8, 4) is 0 Å². The molecule has 1 heterocycles. The second-order valence-corrected chi connectivity index (χ2v) is 5.68. The molecule has 2 N–H and O–H groups in total. The van der Waals surface area contributed by atoms with Gasteiger partial charge >= 0.3 is 0 Å². The molecule has 1 aliphatic rings. The van der Waals surface area contributed by atoms with Gasteiger partial charge in [-0.2, -0.15) is 0 Å². The van der Waals surface area contributed by atoms with E-state index in [0.29, 0.717) is 5.69 Å². The maximum absolute atomic E-state index is 13.2. The number of anilines is 2. The average molecular weight is 332 g/mol. The van der Waals surface area contributed by atoms with Gasteiger partial charge in [0, 0.05) is 30.1 Å². The van der Waals surface area contributed by atoms with Gasteiger partial charge in [0.05, 0.1) is 6.10 Å². The Morgan fingerprint density at radius 3 is 2.50 bits per heavy atom. The van der Waals surface area contributed by atoms with E-state index in [9.17, 15) is 13.6 Å². The van der Waals surface area contributed by atoms with Crippen LogP contribution in [0, 0.1) is 11.6 Å². The fourth-order valence-electron chi connectivity index (χ4n) is 2.55. The number of benzene rings is 2. The summed E-state index contributed by atoms with van der Waals surface area (Å²) in [6, 6.07) is 10.2. The maximum atomic E-state index is 13.2. The van der Waals surface area contributed by atoms with E-state index in [2.05, 4.69) is 10.6 Å². The van der Waals surface area contributed by atoms with Crippen molar-refractivity contribution < 1.29 is 18.3 Å². The highest BCUT2D eigenvalue weighted by Gasteiger charge is 2.14. The summed E-state index contributed by atoms with van der Waals surface area (Å²) >= 11 is 0. The van der Waals surface area contributed by atoms with Crippen LogP contribution in [0.25, 0.3) is 0 Å². The number of nitrogens with one attached hydrogen (secondary N) is 2. The van der Waals surface area contributed by atoms with Crippen LogP contribution in [0.4, 0.5) is 20.2 Å². The number of ether oxygens (including phenoxy) is 1. The zero-order valence-electron chi connectivity index (χ0n) is 13.0. The normalized spacial score (nSPS) is 16.8. The molecule has 1 unspecified atom stereocenters. The molecule has 3 rings (SSSR count).